The number of ether oxygens (including phenoxy) is 2. The van der Waals surface area contributed by atoms with E-state index < -0.39 is 0 Å². The fourth-order valence-electron chi connectivity index (χ4n) is 4.49. The first-order chi connectivity index (χ1) is 16.3. The Kier molecular flexibility index (Phi) is 5.60. The smallest absolute Gasteiger partial charge is 0.222 e. The summed E-state index contributed by atoms with van der Waals surface area (Å²) in [6.07, 6.45) is 1.84. The standard InChI is InChI=1S/C24H27N7O2S/c1-12(2)19-13(3)28-23(25)30-21(19)31-5-6-33-20-16(11-31)7-14(9-18(20)32-4)15-8-17-22(27-10-15)34-24(26)29-17/h7-10,12H,5-6,11H2,1-4H3,(H2,26,29)(H2,25,28,30). The van der Waals surface area contributed by atoms with Gasteiger partial charge in [0, 0.05) is 35.1 Å². The van der Waals surface area contributed by atoms with Crippen molar-refractivity contribution in [2.24, 2.45) is 0 Å². The van der Waals surface area contributed by atoms with Crippen LogP contribution in [-0.4, -0.2) is 40.2 Å². The molecular weight excluding hydrogens is 450 g/mol. The predicted molar refractivity (Wildman–Crippen MR) is 136 cm³/mol. The zero-order valence-corrected chi connectivity index (χ0v) is 20.4. The molecule has 1 aliphatic rings. The largest absolute Gasteiger partial charge is 0.493 e. The molecule has 10 heteroatoms. The van der Waals surface area contributed by atoms with E-state index in [2.05, 4.69) is 44.7 Å². The fraction of sp³-hybridized carbons (Fsp3) is 0.333. The van der Waals surface area contributed by atoms with Crippen molar-refractivity contribution in [3.05, 3.63) is 41.2 Å². The lowest BCUT2D eigenvalue weighted by atomic mass is 10.0. The third-order valence-electron chi connectivity index (χ3n) is 5.93. The molecule has 4 aromatic rings. The molecule has 4 heterocycles. The molecule has 4 N–H and O–H groups in total. The van der Waals surface area contributed by atoms with Gasteiger partial charge in [-0.3, -0.25) is 0 Å². The molecule has 0 saturated heterocycles. The molecule has 0 aliphatic carbocycles. The third kappa shape index (κ3) is 3.94. The third-order valence-corrected chi connectivity index (χ3v) is 6.74. The Bertz CT molecular complexity index is 1390. The van der Waals surface area contributed by atoms with E-state index in [1.54, 1.807) is 7.11 Å². The van der Waals surface area contributed by atoms with Gasteiger partial charge in [0.15, 0.2) is 16.6 Å². The van der Waals surface area contributed by atoms with Gasteiger partial charge in [0.1, 0.15) is 22.8 Å². The second-order valence-corrected chi connectivity index (χ2v) is 9.61. The van der Waals surface area contributed by atoms with Gasteiger partial charge >= 0.3 is 0 Å². The highest BCUT2D eigenvalue weighted by atomic mass is 32.1. The highest BCUT2D eigenvalue weighted by Gasteiger charge is 2.25. The number of hydrogen-bond donors (Lipinski definition) is 2. The van der Waals surface area contributed by atoms with Crippen LogP contribution in [0.25, 0.3) is 21.5 Å². The Morgan fingerprint density at radius 1 is 1.12 bits per heavy atom. The Morgan fingerprint density at radius 3 is 2.71 bits per heavy atom. The van der Waals surface area contributed by atoms with Crippen LogP contribution >= 0.6 is 11.3 Å². The van der Waals surface area contributed by atoms with Crippen molar-refractivity contribution >= 4 is 38.6 Å². The molecule has 1 aromatic carbocycles. The number of anilines is 3. The zero-order chi connectivity index (χ0) is 24.0. The number of nitrogens with two attached hydrogens (primary N) is 2. The lowest BCUT2D eigenvalue weighted by Crippen LogP contribution is -2.28. The Labute approximate surface area is 201 Å². The topological polar surface area (TPSA) is 125 Å². The summed E-state index contributed by atoms with van der Waals surface area (Å²) >= 11 is 1.37. The van der Waals surface area contributed by atoms with E-state index in [9.17, 15) is 0 Å². The van der Waals surface area contributed by atoms with E-state index in [0.717, 1.165) is 49.9 Å². The molecule has 9 nitrogen and oxygen atoms in total. The molecule has 1 aliphatic heterocycles. The SMILES string of the molecule is COc1cc(-c2cnc3sc(N)nc3c2)cc2c1OCCN(c1nc(N)nc(C)c1C(C)C)C2. The minimum Gasteiger partial charge on any atom is -0.493 e. The van der Waals surface area contributed by atoms with Crippen molar-refractivity contribution in [1.29, 1.82) is 0 Å². The maximum Gasteiger partial charge on any atom is 0.222 e. The molecule has 0 radical (unpaired) electrons. The molecule has 0 unspecified atom stereocenters. The monoisotopic (exact) mass is 477 g/mol. The molecule has 0 atom stereocenters. The van der Waals surface area contributed by atoms with Crippen molar-refractivity contribution in [2.75, 3.05) is 36.6 Å². The molecular formula is C24H27N7O2S. The van der Waals surface area contributed by atoms with Crippen LogP contribution < -0.4 is 25.8 Å². The summed E-state index contributed by atoms with van der Waals surface area (Å²) in [6, 6.07) is 6.08. The number of nitrogens with zero attached hydrogens (tertiary/aromatic N) is 5. The van der Waals surface area contributed by atoms with Crippen LogP contribution in [0.2, 0.25) is 0 Å². The minimum absolute atomic E-state index is 0.253. The van der Waals surface area contributed by atoms with Gasteiger partial charge in [-0.2, -0.15) is 4.98 Å². The molecule has 5 rings (SSSR count). The summed E-state index contributed by atoms with van der Waals surface area (Å²) in [5, 5.41) is 0.503. The average Bonchev–Trinajstić information content (AvgIpc) is 3.02. The molecule has 0 bridgehead atoms. The first kappa shape index (κ1) is 22.1. The first-order valence-electron chi connectivity index (χ1n) is 11.1. The van der Waals surface area contributed by atoms with Gasteiger partial charge in [0.05, 0.1) is 13.7 Å². The summed E-state index contributed by atoms with van der Waals surface area (Å²) in [7, 11) is 1.65. The number of thiazole rings is 1. The van der Waals surface area contributed by atoms with Gasteiger partial charge in [-0.05, 0) is 36.6 Å². The highest BCUT2D eigenvalue weighted by molar-refractivity contribution is 7.21. The number of aryl methyl sites for hydroxylation is 1. The van der Waals surface area contributed by atoms with Crippen molar-refractivity contribution < 1.29 is 9.47 Å². The number of fused-ring (bicyclic) bond motifs is 2. The molecule has 0 saturated carbocycles. The van der Waals surface area contributed by atoms with Crippen LogP contribution in [0.1, 0.15) is 36.6 Å². The zero-order valence-electron chi connectivity index (χ0n) is 19.6. The summed E-state index contributed by atoms with van der Waals surface area (Å²) in [5.74, 6) is 2.79. The molecule has 34 heavy (non-hydrogen) atoms. The minimum atomic E-state index is 0.253. The van der Waals surface area contributed by atoms with Gasteiger partial charge in [-0.25, -0.2) is 15.0 Å². The van der Waals surface area contributed by atoms with Crippen molar-refractivity contribution in [2.45, 2.75) is 33.2 Å². The van der Waals surface area contributed by atoms with E-state index in [1.807, 2.05) is 25.3 Å². The molecule has 3 aromatic heterocycles. The maximum atomic E-state index is 6.16. The van der Waals surface area contributed by atoms with Crippen LogP contribution in [0, 0.1) is 6.92 Å². The number of rotatable bonds is 4. The van der Waals surface area contributed by atoms with Crippen molar-refractivity contribution in [3.63, 3.8) is 0 Å². The van der Waals surface area contributed by atoms with Crippen LogP contribution in [0.3, 0.4) is 0 Å². The normalized spacial score (nSPS) is 13.6. The average molecular weight is 478 g/mol. The summed E-state index contributed by atoms with van der Waals surface area (Å²) in [5.41, 5.74) is 17.6. The van der Waals surface area contributed by atoms with Gasteiger partial charge < -0.3 is 25.8 Å². The van der Waals surface area contributed by atoms with Gasteiger partial charge in [-0.1, -0.05) is 25.2 Å². The second-order valence-electron chi connectivity index (χ2n) is 8.60. The van der Waals surface area contributed by atoms with Crippen molar-refractivity contribution in [3.8, 4) is 22.6 Å². The van der Waals surface area contributed by atoms with E-state index in [1.165, 1.54) is 11.3 Å². The van der Waals surface area contributed by atoms with E-state index in [-0.39, 0.29) is 11.9 Å². The van der Waals surface area contributed by atoms with E-state index >= 15 is 0 Å². The molecule has 176 valence electrons. The summed E-state index contributed by atoms with van der Waals surface area (Å²) < 4.78 is 11.9. The van der Waals surface area contributed by atoms with Crippen molar-refractivity contribution in [1.82, 2.24) is 19.9 Å². The van der Waals surface area contributed by atoms with Gasteiger partial charge in [0.25, 0.3) is 0 Å². The van der Waals surface area contributed by atoms with Gasteiger partial charge in [0.2, 0.25) is 5.95 Å². The molecule has 0 spiro atoms. The number of aromatic nitrogens is 4. The lowest BCUT2D eigenvalue weighted by Gasteiger charge is -2.26. The van der Waals surface area contributed by atoms with Crippen LogP contribution in [0.15, 0.2) is 24.4 Å². The molecule has 0 fully saturated rings. The Morgan fingerprint density at radius 2 is 1.94 bits per heavy atom. The number of methoxy groups -OCH3 is 1. The number of benzene rings is 1. The first-order valence-corrected chi connectivity index (χ1v) is 11.9. The summed E-state index contributed by atoms with van der Waals surface area (Å²) in [4.78, 5) is 21.0. The number of pyridine rings is 1. The van der Waals surface area contributed by atoms with E-state index in [4.69, 9.17) is 20.9 Å². The molecule has 0 amide bonds. The predicted octanol–water partition coefficient (Wildman–Crippen LogP) is 4.15. The summed E-state index contributed by atoms with van der Waals surface area (Å²) in [6.45, 7) is 8.01. The Balaban J connectivity index is 1.60. The number of hydrogen-bond acceptors (Lipinski definition) is 10. The van der Waals surface area contributed by atoms with E-state index in [0.29, 0.717) is 30.6 Å². The highest BCUT2D eigenvalue weighted by Crippen LogP contribution is 2.40. The number of nitrogen functional groups attached to an aromatic ring is 2. The maximum absolute atomic E-state index is 6.16. The van der Waals surface area contributed by atoms with Gasteiger partial charge in [-0.15, -0.1) is 0 Å². The Hall–Kier alpha value is -3.66. The van der Waals surface area contributed by atoms with Crippen LogP contribution in [0.5, 0.6) is 11.5 Å². The van der Waals surface area contributed by atoms with Crippen LogP contribution in [-0.2, 0) is 6.54 Å². The lowest BCUT2D eigenvalue weighted by molar-refractivity contribution is 0.305. The fourth-order valence-corrected chi connectivity index (χ4v) is 5.14. The second kappa shape index (κ2) is 8.60. The van der Waals surface area contributed by atoms with Crippen LogP contribution in [0.4, 0.5) is 16.9 Å². The quantitative estimate of drug-likeness (QED) is 0.446.